The fourth-order valence-electron chi connectivity index (χ4n) is 4.20. The Morgan fingerprint density at radius 3 is 2.44 bits per heavy atom. The van der Waals surface area contributed by atoms with Gasteiger partial charge in [0.05, 0.1) is 18.6 Å². The van der Waals surface area contributed by atoms with Crippen LogP contribution in [-0.2, 0) is 16.6 Å². The Morgan fingerprint density at radius 2 is 1.76 bits per heavy atom. The Bertz CT molecular complexity index is 1460. The van der Waals surface area contributed by atoms with Crippen LogP contribution in [0.4, 0.5) is 0 Å². The Morgan fingerprint density at radius 1 is 1.06 bits per heavy atom. The van der Waals surface area contributed by atoms with E-state index < -0.39 is 10.0 Å². The van der Waals surface area contributed by atoms with Gasteiger partial charge in [-0.2, -0.15) is 4.31 Å². The van der Waals surface area contributed by atoms with Crippen molar-refractivity contribution in [1.29, 1.82) is 0 Å². The zero-order valence-electron chi connectivity index (χ0n) is 18.6. The van der Waals surface area contributed by atoms with Crippen molar-refractivity contribution in [1.82, 2.24) is 29.3 Å². The van der Waals surface area contributed by atoms with Crippen LogP contribution in [0.1, 0.15) is 30.1 Å². The highest BCUT2D eigenvalue weighted by Gasteiger charge is 2.31. The largest absolute Gasteiger partial charge is 0.497 e. The Labute approximate surface area is 196 Å². The van der Waals surface area contributed by atoms with Crippen LogP contribution in [0.15, 0.2) is 64.3 Å². The lowest BCUT2D eigenvalue weighted by Crippen LogP contribution is -2.38. The highest BCUT2D eigenvalue weighted by Crippen LogP contribution is 2.29. The highest BCUT2D eigenvalue weighted by molar-refractivity contribution is 7.89. The number of aromatic amines is 1. The predicted octanol–water partition coefficient (Wildman–Crippen LogP) is 2.14. The molecule has 0 amide bonds. The molecule has 1 N–H and O–H groups in total. The van der Waals surface area contributed by atoms with Crippen molar-refractivity contribution in [2.75, 3.05) is 20.2 Å². The Kier molecular flexibility index (Phi) is 5.88. The van der Waals surface area contributed by atoms with E-state index in [0.717, 1.165) is 11.3 Å². The molecule has 4 aromatic rings. The normalized spacial score (nSPS) is 15.6. The average molecular weight is 481 g/mol. The van der Waals surface area contributed by atoms with E-state index in [1.807, 2.05) is 24.3 Å². The van der Waals surface area contributed by atoms with Crippen LogP contribution in [-0.4, -0.2) is 57.9 Å². The number of fused-ring (bicyclic) bond motifs is 1. The number of methoxy groups -OCH3 is 1. The molecule has 0 spiro atoms. The van der Waals surface area contributed by atoms with Crippen LogP contribution in [0.2, 0.25) is 0 Å². The molecule has 1 fully saturated rings. The average Bonchev–Trinajstić information content (AvgIpc) is 3.28. The van der Waals surface area contributed by atoms with Gasteiger partial charge in [0.25, 0.3) is 5.56 Å². The summed E-state index contributed by atoms with van der Waals surface area (Å²) in [5.41, 5.74) is 1.21. The van der Waals surface area contributed by atoms with Crippen molar-refractivity contribution in [2.45, 2.75) is 30.2 Å². The number of sulfonamides is 1. The minimum atomic E-state index is -3.54. The molecule has 2 aromatic carbocycles. The van der Waals surface area contributed by atoms with Crippen LogP contribution in [0, 0.1) is 0 Å². The fourth-order valence-corrected chi connectivity index (χ4v) is 5.69. The topological polar surface area (TPSA) is 123 Å². The SMILES string of the molecule is COc1ccc(Cn2nnc3c(=O)[nH]c(C4CCN(S(=O)(=O)c5ccccc5)CC4)nc32)cc1. The van der Waals surface area contributed by atoms with E-state index in [1.54, 1.807) is 42.1 Å². The fraction of sp³-hybridized carbons (Fsp3) is 0.304. The molecule has 3 heterocycles. The van der Waals surface area contributed by atoms with Crippen molar-refractivity contribution in [3.63, 3.8) is 0 Å². The van der Waals surface area contributed by atoms with Gasteiger partial charge in [-0.05, 0) is 42.7 Å². The molecule has 1 aliphatic rings. The van der Waals surface area contributed by atoms with Gasteiger partial charge in [-0.1, -0.05) is 35.5 Å². The second-order valence-corrected chi connectivity index (χ2v) is 10.1. The second kappa shape index (κ2) is 8.99. The van der Waals surface area contributed by atoms with Crippen LogP contribution in [0.3, 0.4) is 0 Å². The smallest absolute Gasteiger partial charge is 0.281 e. The Balaban J connectivity index is 1.36. The molecule has 5 rings (SSSR count). The molecule has 0 radical (unpaired) electrons. The third-order valence-corrected chi connectivity index (χ3v) is 8.02. The first-order valence-corrected chi connectivity index (χ1v) is 12.4. The summed E-state index contributed by atoms with van der Waals surface area (Å²) in [6.07, 6.45) is 1.11. The van der Waals surface area contributed by atoms with Crippen LogP contribution in [0.25, 0.3) is 11.2 Å². The first-order valence-electron chi connectivity index (χ1n) is 11.0. The number of hydrogen-bond acceptors (Lipinski definition) is 7. The summed E-state index contributed by atoms with van der Waals surface area (Å²) in [6.45, 7) is 1.12. The van der Waals surface area contributed by atoms with Gasteiger partial charge in [0.15, 0.2) is 11.2 Å². The molecular weight excluding hydrogens is 456 g/mol. The molecule has 11 heteroatoms. The number of rotatable bonds is 6. The third-order valence-electron chi connectivity index (χ3n) is 6.11. The summed E-state index contributed by atoms with van der Waals surface area (Å²) in [5, 5.41) is 8.13. The molecule has 176 valence electrons. The van der Waals surface area contributed by atoms with Crippen LogP contribution in [0.5, 0.6) is 5.75 Å². The van der Waals surface area contributed by atoms with Crippen molar-refractivity contribution in [2.24, 2.45) is 0 Å². The van der Waals surface area contributed by atoms with Crippen molar-refractivity contribution in [3.05, 3.63) is 76.3 Å². The summed E-state index contributed by atoms with van der Waals surface area (Å²) in [5.74, 6) is 1.22. The quantitative estimate of drug-likeness (QED) is 0.448. The number of H-pyrrole nitrogens is 1. The van der Waals surface area contributed by atoms with Gasteiger partial charge in [-0.15, -0.1) is 5.10 Å². The lowest BCUT2D eigenvalue weighted by atomic mass is 9.97. The molecule has 2 aromatic heterocycles. The zero-order chi connectivity index (χ0) is 23.7. The van der Waals surface area contributed by atoms with E-state index >= 15 is 0 Å². The molecule has 0 atom stereocenters. The maximum atomic E-state index is 12.9. The van der Waals surface area contributed by atoms with Gasteiger partial charge in [-0.3, -0.25) is 4.79 Å². The van der Waals surface area contributed by atoms with Crippen LogP contribution < -0.4 is 10.3 Å². The molecule has 0 aliphatic carbocycles. The number of aromatic nitrogens is 5. The summed E-state index contributed by atoms with van der Waals surface area (Å²) < 4.78 is 34.1. The monoisotopic (exact) mass is 480 g/mol. The number of hydrogen-bond donors (Lipinski definition) is 1. The molecule has 1 aliphatic heterocycles. The molecular formula is C23H24N6O4S. The van der Waals surface area contributed by atoms with E-state index in [4.69, 9.17) is 4.74 Å². The number of piperidine rings is 1. The highest BCUT2D eigenvalue weighted by atomic mass is 32.2. The molecule has 10 nitrogen and oxygen atoms in total. The maximum Gasteiger partial charge on any atom is 0.281 e. The van der Waals surface area contributed by atoms with E-state index in [2.05, 4.69) is 20.3 Å². The first kappa shape index (κ1) is 22.2. The number of nitrogens with zero attached hydrogens (tertiary/aromatic N) is 5. The van der Waals surface area contributed by atoms with Crippen molar-refractivity contribution in [3.8, 4) is 5.75 Å². The van der Waals surface area contributed by atoms with Gasteiger partial charge in [-0.25, -0.2) is 18.1 Å². The van der Waals surface area contributed by atoms with Gasteiger partial charge in [0.1, 0.15) is 11.6 Å². The molecule has 0 bridgehead atoms. The number of nitrogens with one attached hydrogen (secondary N) is 1. The van der Waals surface area contributed by atoms with Gasteiger partial charge in [0.2, 0.25) is 10.0 Å². The summed E-state index contributed by atoms with van der Waals surface area (Å²) in [6, 6.07) is 16.0. The van der Waals surface area contributed by atoms with Crippen molar-refractivity contribution >= 4 is 21.2 Å². The first-order chi connectivity index (χ1) is 16.5. The maximum absolute atomic E-state index is 12.9. The minimum Gasteiger partial charge on any atom is -0.497 e. The number of ether oxygens (including phenoxy) is 1. The Hall–Kier alpha value is -3.57. The third kappa shape index (κ3) is 4.19. The summed E-state index contributed by atoms with van der Waals surface area (Å²) >= 11 is 0. The molecule has 1 saturated heterocycles. The lowest BCUT2D eigenvalue weighted by Gasteiger charge is -2.30. The summed E-state index contributed by atoms with van der Waals surface area (Å²) in [7, 11) is -1.93. The van der Waals surface area contributed by atoms with E-state index in [9.17, 15) is 13.2 Å². The molecule has 34 heavy (non-hydrogen) atoms. The molecule has 0 saturated carbocycles. The summed E-state index contributed by atoms with van der Waals surface area (Å²) in [4.78, 5) is 20.5. The molecule has 0 unspecified atom stereocenters. The standard InChI is InChI=1S/C23H24N6O4S/c1-33-18-9-7-16(8-10-18)15-29-22-20(26-27-29)23(30)25-21(24-22)17-11-13-28(14-12-17)34(31,32)19-5-3-2-4-6-19/h2-10,17H,11-15H2,1H3,(H,24,25,30). The van der Waals surface area contributed by atoms with E-state index in [1.165, 1.54) is 4.31 Å². The second-order valence-electron chi connectivity index (χ2n) is 8.21. The van der Waals surface area contributed by atoms with Gasteiger partial charge >= 0.3 is 0 Å². The van der Waals surface area contributed by atoms with Crippen LogP contribution >= 0.6 is 0 Å². The predicted molar refractivity (Wildman–Crippen MR) is 125 cm³/mol. The van der Waals surface area contributed by atoms with E-state index in [0.29, 0.717) is 43.9 Å². The zero-order valence-corrected chi connectivity index (χ0v) is 19.4. The number of benzene rings is 2. The van der Waals surface area contributed by atoms with Crippen molar-refractivity contribution < 1.29 is 13.2 Å². The van der Waals surface area contributed by atoms with E-state index in [-0.39, 0.29) is 21.9 Å². The lowest BCUT2D eigenvalue weighted by molar-refractivity contribution is 0.313. The minimum absolute atomic E-state index is 0.0661. The van der Waals surface area contributed by atoms with Gasteiger partial charge < -0.3 is 9.72 Å². The van der Waals surface area contributed by atoms with Gasteiger partial charge in [0, 0.05) is 19.0 Å².